The van der Waals surface area contributed by atoms with E-state index in [-0.39, 0.29) is 6.04 Å². The van der Waals surface area contributed by atoms with Gasteiger partial charge in [0.2, 0.25) is 0 Å². The number of fused-ring (bicyclic) bond motifs is 1. The van der Waals surface area contributed by atoms with Gasteiger partial charge in [0.15, 0.2) is 0 Å². The fourth-order valence-corrected chi connectivity index (χ4v) is 2.59. The normalized spacial score (nSPS) is 12.2. The van der Waals surface area contributed by atoms with Gasteiger partial charge in [-0.05, 0) is 22.9 Å². The van der Waals surface area contributed by atoms with Crippen molar-refractivity contribution in [2.75, 3.05) is 0 Å². The van der Waals surface area contributed by atoms with Gasteiger partial charge in [0, 0.05) is 29.4 Å². The minimum absolute atomic E-state index is 0.0438. The predicted molar refractivity (Wildman–Crippen MR) is 88.8 cm³/mol. The Morgan fingerprint density at radius 3 is 2.52 bits per heavy atom. The molecule has 1 heterocycles. The Bertz CT molecular complexity index is 757. The quantitative estimate of drug-likeness (QED) is 0.768. The maximum Gasteiger partial charge on any atom is 0.0349 e. The zero-order chi connectivity index (χ0) is 14.7. The molecule has 104 valence electrons. The minimum Gasteiger partial charge on any atom is -0.324 e. The Morgan fingerprint density at radius 2 is 1.71 bits per heavy atom. The number of nitrogens with zero attached hydrogens (tertiary/aromatic N) is 1. The van der Waals surface area contributed by atoms with Crippen molar-refractivity contribution >= 4 is 16.3 Å². The number of benzene rings is 2. The SMILES string of the molecule is C=C(CC(N)c1ccccc1)c1cncc2ccccc12. The zero-order valence-electron chi connectivity index (χ0n) is 11.9. The van der Waals surface area contributed by atoms with Crippen LogP contribution in [0.3, 0.4) is 0 Å². The first-order valence-electron chi connectivity index (χ1n) is 7.07. The Balaban J connectivity index is 1.88. The van der Waals surface area contributed by atoms with Crippen molar-refractivity contribution in [1.82, 2.24) is 4.98 Å². The van der Waals surface area contributed by atoms with E-state index >= 15 is 0 Å². The highest BCUT2D eigenvalue weighted by molar-refractivity contribution is 5.92. The van der Waals surface area contributed by atoms with Gasteiger partial charge in [-0.3, -0.25) is 4.98 Å². The lowest BCUT2D eigenvalue weighted by molar-refractivity contribution is 0.752. The summed E-state index contributed by atoms with van der Waals surface area (Å²) in [6.45, 7) is 4.22. The standard InChI is InChI=1S/C19H18N2/c1-14(11-19(20)15-7-3-2-4-8-15)18-13-21-12-16-9-5-6-10-17(16)18/h2-10,12-13,19H,1,11,20H2. The van der Waals surface area contributed by atoms with Gasteiger partial charge in [-0.25, -0.2) is 0 Å². The van der Waals surface area contributed by atoms with E-state index in [1.165, 1.54) is 5.39 Å². The summed E-state index contributed by atoms with van der Waals surface area (Å²) < 4.78 is 0. The molecule has 0 aliphatic rings. The van der Waals surface area contributed by atoms with E-state index in [2.05, 4.69) is 35.8 Å². The van der Waals surface area contributed by atoms with E-state index in [0.29, 0.717) is 0 Å². The molecule has 2 nitrogen and oxygen atoms in total. The van der Waals surface area contributed by atoms with Crippen molar-refractivity contribution in [3.05, 3.63) is 84.7 Å². The molecule has 3 rings (SSSR count). The van der Waals surface area contributed by atoms with Crippen LogP contribution >= 0.6 is 0 Å². The zero-order valence-corrected chi connectivity index (χ0v) is 11.9. The molecule has 2 N–H and O–H groups in total. The average molecular weight is 274 g/mol. The largest absolute Gasteiger partial charge is 0.324 e. The van der Waals surface area contributed by atoms with E-state index in [1.807, 2.05) is 42.7 Å². The molecule has 1 atom stereocenters. The van der Waals surface area contributed by atoms with E-state index in [9.17, 15) is 0 Å². The number of hydrogen-bond acceptors (Lipinski definition) is 2. The number of pyridine rings is 1. The summed E-state index contributed by atoms with van der Waals surface area (Å²) in [5, 5.41) is 2.31. The van der Waals surface area contributed by atoms with Gasteiger partial charge < -0.3 is 5.73 Å². The van der Waals surface area contributed by atoms with E-state index < -0.39 is 0 Å². The number of aromatic nitrogens is 1. The maximum absolute atomic E-state index is 6.30. The second-order valence-electron chi connectivity index (χ2n) is 5.23. The molecular weight excluding hydrogens is 256 g/mol. The monoisotopic (exact) mass is 274 g/mol. The molecule has 0 spiro atoms. The van der Waals surface area contributed by atoms with Gasteiger partial charge in [0.25, 0.3) is 0 Å². The summed E-state index contributed by atoms with van der Waals surface area (Å²) in [5.74, 6) is 0. The van der Waals surface area contributed by atoms with Gasteiger partial charge in [0.1, 0.15) is 0 Å². The van der Waals surface area contributed by atoms with Crippen molar-refractivity contribution in [2.45, 2.75) is 12.5 Å². The Labute approximate surface area is 124 Å². The highest BCUT2D eigenvalue weighted by Crippen LogP contribution is 2.28. The molecule has 1 unspecified atom stereocenters. The van der Waals surface area contributed by atoms with Crippen molar-refractivity contribution in [1.29, 1.82) is 0 Å². The molecule has 3 aromatic rings. The first kappa shape index (κ1) is 13.5. The minimum atomic E-state index is -0.0438. The Kier molecular flexibility index (Phi) is 3.80. The third kappa shape index (κ3) is 2.86. The van der Waals surface area contributed by atoms with Gasteiger partial charge in [-0.1, -0.05) is 61.2 Å². The number of nitrogens with two attached hydrogens (primary N) is 1. The lowest BCUT2D eigenvalue weighted by Gasteiger charge is -2.15. The molecule has 0 bridgehead atoms. The number of hydrogen-bond donors (Lipinski definition) is 1. The van der Waals surface area contributed by atoms with Crippen molar-refractivity contribution in [3.8, 4) is 0 Å². The summed E-state index contributed by atoms with van der Waals surface area (Å²) in [4.78, 5) is 4.31. The van der Waals surface area contributed by atoms with Crippen molar-refractivity contribution in [3.63, 3.8) is 0 Å². The van der Waals surface area contributed by atoms with Crippen LogP contribution in [0, 0.1) is 0 Å². The van der Waals surface area contributed by atoms with Gasteiger partial charge >= 0.3 is 0 Å². The Morgan fingerprint density at radius 1 is 1.00 bits per heavy atom. The molecule has 0 aliphatic heterocycles. The summed E-state index contributed by atoms with van der Waals surface area (Å²) in [6, 6.07) is 18.3. The van der Waals surface area contributed by atoms with Crippen LogP contribution in [0.5, 0.6) is 0 Å². The molecule has 0 radical (unpaired) electrons. The van der Waals surface area contributed by atoms with Crippen LogP contribution in [-0.2, 0) is 0 Å². The van der Waals surface area contributed by atoms with E-state index in [4.69, 9.17) is 5.73 Å². The molecule has 0 fully saturated rings. The van der Waals surface area contributed by atoms with Crippen LogP contribution in [0.4, 0.5) is 0 Å². The smallest absolute Gasteiger partial charge is 0.0349 e. The van der Waals surface area contributed by atoms with Crippen LogP contribution < -0.4 is 5.73 Å². The molecule has 1 aromatic heterocycles. The summed E-state index contributed by atoms with van der Waals surface area (Å²) in [6.07, 6.45) is 4.48. The summed E-state index contributed by atoms with van der Waals surface area (Å²) >= 11 is 0. The third-order valence-electron chi connectivity index (χ3n) is 3.74. The first-order valence-corrected chi connectivity index (χ1v) is 7.07. The van der Waals surface area contributed by atoms with Gasteiger partial charge in [0.05, 0.1) is 0 Å². The summed E-state index contributed by atoms with van der Waals surface area (Å²) in [7, 11) is 0. The molecule has 21 heavy (non-hydrogen) atoms. The highest BCUT2D eigenvalue weighted by atomic mass is 14.6. The molecule has 0 saturated carbocycles. The van der Waals surface area contributed by atoms with E-state index in [1.54, 1.807) is 0 Å². The third-order valence-corrected chi connectivity index (χ3v) is 3.74. The first-order chi connectivity index (χ1) is 10.3. The fraction of sp³-hybridized carbons (Fsp3) is 0.105. The second kappa shape index (κ2) is 5.90. The molecule has 0 aliphatic carbocycles. The van der Waals surface area contributed by atoms with Crippen molar-refractivity contribution < 1.29 is 0 Å². The lowest BCUT2D eigenvalue weighted by atomic mass is 9.94. The molecular formula is C19H18N2. The predicted octanol–water partition coefficient (Wildman–Crippen LogP) is 4.34. The van der Waals surface area contributed by atoms with Gasteiger partial charge in [-0.2, -0.15) is 0 Å². The van der Waals surface area contributed by atoms with Crippen LogP contribution in [0.2, 0.25) is 0 Å². The maximum atomic E-state index is 6.30. The average Bonchev–Trinajstić information content (AvgIpc) is 2.55. The fourth-order valence-electron chi connectivity index (χ4n) is 2.59. The number of rotatable bonds is 4. The van der Waals surface area contributed by atoms with Crippen LogP contribution in [-0.4, -0.2) is 4.98 Å². The van der Waals surface area contributed by atoms with Gasteiger partial charge in [-0.15, -0.1) is 0 Å². The van der Waals surface area contributed by atoms with Crippen LogP contribution in [0.15, 0.2) is 73.6 Å². The lowest BCUT2D eigenvalue weighted by Crippen LogP contribution is -2.10. The van der Waals surface area contributed by atoms with Crippen LogP contribution in [0.25, 0.3) is 16.3 Å². The highest BCUT2D eigenvalue weighted by Gasteiger charge is 2.11. The Hall–Kier alpha value is -2.45. The topological polar surface area (TPSA) is 38.9 Å². The molecule has 2 heteroatoms. The second-order valence-corrected chi connectivity index (χ2v) is 5.23. The van der Waals surface area contributed by atoms with Crippen LogP contribution in [0.1, 0.15) is 23.6 Å². The van der Waals surface area contributed by atoms with E-state index in [0.717, 1.165) is 28.5 Å². The molecule has 0 saturated heterocycles. The molecule has 2 aromatic carbocycles. The molecule has 0 amide bonds. The summed E-state index contributed by atoms with van der Waals surface area (Å²) in [5.41, 5.74) is 9.53. The van der Waals surface area contributed by atoms with Crippen molar-refractivity contribution in [2.24, 2.45) is 5.73 Å².